The van der Waals surface area contributed by atoms with Crippen molar-refractivity contribution in [2.45, 2.75) is 13.0 Å². The number of hydrogen-bond acceptors (Lipinski definition) is 3. The lowest BCUT2D eigenvalue weighted by atomic mass is 10.0. The Balaban J connectivity index is 2.08. The minimum Gasteiger partial charge on any atom is -0.371 e. The van der Waals surface area contributed by atoms with Gasteiger partial charge in [0, 0.05) is 25.1 Å². The highest BCUT2D eigenvalue weighted by Gasteiger charge is 2.21. The van der Waals surface area contributed by atoms with Gasteiger partial charge in [0.15, 0.2) is 5.78 Å². The summed E-state index contributed by atoms with van der Waals surface area (Å²) in [6, 6.07) is 14.0. The van der Waals surface area contributed by atoms with E-state index in [1.165, 1.54) is 13.0 Å². The minimum absolute atomic E-state index is 0.0626. The third kappa shape index (κ3) is 3.06. The molecule has 0 bridgehead atoms. The third-order valence-corrected chi connectivity index (χ3v) is 3.92. The number of ketones is 1. The molecule has 1 N–H and O–H groups in total. The molecule has 0 amide bonds. The molecule has 0 aliphatic heterocycles. The Morgan fingerprint density at radius 1 is 1.17 bits per heavy atom. The second-order valence-corrected chi connectivity index (χ2v) is 5.60. The van der Waals surface area contributed by atoms with Crippen molar-refractivity contribution in [2.75, 3.05) is 5.32 Å². The summed E-state index contributed by atoms with van der Waals surface area (Å²) in [5, 5.41) is 3.29. The first-order valence-electron chi connectivity index (χ1n) is 7.66. The predicted octanol–water partition coefficient (Wildman–Crippen LogP) is 3.96. The van der Waals surface area contributed by atoms with Gasteiger partial charge in [-0.2, -0.15) is 0 Å². The molecule has 0 spiro atoms. The van der Waals surface area contributed by atoms with E-state index in [9.17, 15) is 9.18 Å². The highest BCUT2D eigenvalue weighted by atomic mass is 19.1. The largest absolute Gasteiger partial charge is 0.371 e. The molecule has 0 aliphatic carbocycles. The van der Waals surface area contributed by atoms with Crippen molar-refractivity contribution >= 4 is 11.5 Å². The first-order valence-corrected chi connectivity index (χ1v) is 7.66. The van der Waals surface area contributed by atoms with Crippen LogP contribution in [0.4, 0.5) is 10.1 Å². The lowest BCUT2D eigenvalue weighted by molar-refractivity contribution is 0.101. The van der Waals surface area contributed by atoms with E-state index in [1.54, 1.807) is 18.3 Å². The molecule has 24 heavy (non-hydrogen) atoms. The molecule has 122 valence electrons. The van der Waals surface area contributed by atoms with E-state index >= 15 is 0 Å². The van der Waals surface area contributed by atoms with Crippen molar-refractivity contribution in [3.05, 3.63) is 83.7 Å². The van der Waals surface area contributed by atoms with Gasteiger partial charge in [0.05, 0.1) is 5.56 Å². The summed E-state index contributed by atoms with van der Waals surface area (Å²) < 4.78 is 16.0. The van der Waals surface area contributed by atoms with Crippen LogP contribution < -0.4 is 5.32 Å². The van der Waals surface area contributed by atoms with Crippen LogP contribution in [0.3, 0.4) is 0 Å². The van der Waals surface area contributed by atoms with Crippen LogP contribution in [-0.4, -0.2) is 15.3 Å². The number of carbonyl (C=O) groups excluding carboxylic acids is 1. The van der Waals surface area contributed by atoms with Crippen LogP contribution in [0, 0.1) is 5.82 Å². The van der Waals surface area contributed by atoms with Crippen molar-refractivity contribution in [3.8, 4) is 0 Å². The van der Waals surface area contributed by atoms with Crippen LogP contribution in [0.5, 0.6) is 0 Å². The van der Waals surface area contributed by atoms with Gasteiger partial charge in [0.25, 0.3) is 0 Å². The number of hydrogen-bond donors (Lipinski definition) is 1. The summed E-state index contributed by atoms with van der Waals surface area (Å²) in [6.45, 7) is 1.36. The second-order valence-electron chi connectivity index (χ2n) is 5.60. The van der Waals surface area contributed by atoms with E-state index in [4.69, 9.17) is 0 Å². The minimum atomic E-state index is -0.529. The highest BCUT2D eigenvalue weighted by Crippen LogP contribution is 2.28. The molecule has 1 unspecified atom stereocenters. The molecule has 1 heterocycles. The Labute approximate surface area is 140 Å². The lowest BCUT2D eigenvalue weighted by Gasteiger charge is -2.22. The van der Waals surface area contributed by atoms with E-state index in [1.807, 2.05) is 48.1 Å². The fourth-order valence-corrected chi connectivity index (χ4v) is 2.76. The zero-order valence-corrected chi connectivity index (χ0v) is 13.5. The average Bonchev–Trinajstić information content (AvgIpc) is 2.99. The zero-order valence-electron chi connectivity index (χ0n) is 13.5. The number of aryl methyl sites for hydroxylation is 1. The molecular weight excluding hydrogens is 305 g/mol. The van der Waals surface area contributed by atoms with Crippen molar-refractivity contribution in [3.63, 3.8) is 0 Å². The number of halogens is 1. The molecule has 0 aliphatic rings. The molecule has 5 heteroatoms. The molecule has 1 aromatic heterocycles. The van der Waals surface area contributed by atoms with E-state index in [0.717, 1.165) is 11.4 Å². The lowest BCUT2D eigenvalue weighted by Crippen LogP contribution is -2.18. The number of Topliss-reactive ketones (excluding diaryl/α,β-unsaturated/α-hetero) is 1. The Kier molecular flexibility index (Phi) is 4.42. The number of aromatic nitrogens is 2. The molecular formula is C19H18FN3O. The maximum Gasteiger partial charge on any atom is 0.164 e. The van der Waals surface area contributed by atoms with Gasteiger partial charge in [-0.25, -0.2) is 9.37 Å². The molecule has 0 saturated carbocycles. The number of nitrogens with one attached hydrogen (secondary N) is 1. The maximum atomic E-state index is 14.1. The summed E-state index contributed by atoms with van der Waals surface area (Å²) in [4.78, 5) is 16.3. The normalized spacial score (nSPS) is 12.0. The quantitative estimate of drug-likeness (QED) is 0.723. The van der Waals surface area contributed by atoms with Crippen LogP contribution in [0.2, 0.25) is 0 Å². The fourth-order valence-electron chi connectivity index (χ4n) is 2.76. The summed E-state index contributed by atoms with van der Waals surface area (Å²) >= 11 is 0. The summed E-state index contributed by atoms with van der Waals surface area (Å²) in [6.07, 6.45) is 3.56. The Morgan fingerprint density at radius 2 is 1.92 bits per heavy atom. The van der Waals surface area contributed by atoms with Gasteiger partial charge in [-0.05, 0) is 24.6 Å². The molecule has 2 aromatic carbocycles. The standard InChI is InChI=1S/C19H18FN3O/c1-13(24)17-15(20)9-6-10-16(17)22-18(14-7-4-3-5-8-14)19-21-11-12-23(19)2/h3-12,18,22H,1-2H3. The van der Waals surface area contributed by atoms with E-state index in [0.29, 0.717) is 5.69 Å². The van der Waals surface area contributed by atoms with Crippen LogP contribution in [0.25, 0.3) is 0 Å². The van der Waals surface area contributed by atoms with Crippen LogP contribution in [0.15, 0.2) is 60.9 Å². The van der Waals surface area contributed by atoms with Crippen LogP contribution in [-0.2, 0) is 7.05 Å². The number of imidazole rings is 1. The Hall–Kier alpha value is -2.95. The first kappa shape index (κ1) is 15.9. The van der Waals surface area contributed by atoms with Crippen LogP contribution >= 0.6 is 0 Å². The van der Waals surface area contributed by atoms with Gasteiger partial charge in [0.1, 0.15) is 17.7 Å². The van der Waals surface area contributed by atoms with Crippen molar-refractivity contribution in [1.29, 1.82) is 0 Å². The van der Waals surface area contributed by atoms with Crippen LogP contribution in [0.1, 0.15) is 34.7 Å². The third-order valence-electron chi connectivity index (χ3n) is 3.92. The van der Waals surface area contributed by atoms with Crippen molar-refractivity contribution < 1.29 is 9.18 Å². The SMILES string of the molecule is CC(=O)c1c(F)cccc1NC(c1ccccc1)c1nccn1C. The zero-order chi connectivity index (χ0) is 17.1. The monoisotopic (exact) mass is 323 g/mol. The second kappa shape index (κ2) is 6.66. The topological polar surface area (TPSA) is 46.9 Å². The highest BCUT2D eigenvalue weighted by molar-refractivity contribution is 5.99. The van der Waals surface area contributed by atoms with E-state index in [2.05, 4.69) is 10.3 Å². The number of nitrogens with zero attached hydrogens (tertiary/aromatic N) is 2. The number of anilines is 1. The van der Waals surface area contributed by atoms with Gasteiger partial charge in [-0.3, -0.25) is 4.79 Å². The van der Waals surface area contributed by atoms with Crippen molar-refractivity contribution in [2.24, 2.45) is 7.05 Å². The number of rotatable bonds is 5. The van der Waals surface area contributed by atoms with E-state index < -0.39 is 5.82 Å². The number of carbonyl (C=O) groups is 1. The smallest absolute Gasteiger partial charge is 0.164 e. The average molecular weight is 323 g/mol. The summed E-state index contributed by atoms with van der Waals surface area (Å²) in [5.41, 5.74) is 1.50. The summed E-state index contributed by atoms with van der Waals surface area (Å²) in [7, 11) is 1.90. The van der Waals surface area contributed by atoms with Gasteiger partial charge in [0.2, 0.25) is 0 Å². The maximum absolute atomic E-state index is 14.1. The molecule has 3 aromatic rings. The van der Waals surface area contributed by atoms with Gasteiger partial charge < -0.3 is 9.88 Å². The molecule has 4 nitrogen and oxygen atoms in total. The van der Waals surface area contributed by atoms with Gasteiger partial charge in [-0.1, -0.05) is 36.4 Å². The van der Waals surface area contributed by atoms with Gasteiger partial charge >= 0.3 is 0 Å². The Bertz CT molecular complexity index is 858. The number of benzene rings is 2. The van der Waals surface area contributed by atoms with E-state index in [-0.39, 0.29) is 17.4 Å². The molecule has 0 saturated heterocycles. The molecule has 1 atom stereocenters. The summed E-state index contributed by atoms with van der Waals surface area (Å²) in [5.74, 6) is -0.0682. The predicted molar refractivity (Wildman–Crippen MR) is 91.5 cm³/mol. The Morgan fingerprint density at radius 3 is 2.54 bits per heavy atom. The molecule has 0 radical (unpaired) electrons. The first-order chi connectivity index (χ1) is 11.6. The van der Waals surface area contributed by atoms with Gasteiger partial charge in [-0.15, -0.1) is 0 Å². The van der Waals surface area contributed by atoms with Crippen molar-refractivity contribution in [1.82, 2.24) is 9.55 Å². The molecule has 0 fully saturated rings. The fraction of sp³-hybridized carbons (Fsp3) is 0.158. The molecule has 3 rings (SSSR count).